The van der Waals surface area contributed by atoms with Crippen LogP contribution in [0.15, 0.2) is 17.4 Å². The minimum Gasteiger partial charge on any atom is -0.396 e. The fourth-order valence-electron chi connectivity index (χ4n) is 1.15. The van der Waals surface area contributed by atoms with E-state index in [0.29, 0.717) is 0 Å². The van der Waals surface area contributed by atoms with Gasteiger partial charge in [0, 0.05) is 6.61 Å². The third-order valence-electron chi connectivity index (χ3n) is 1.68. The molecule has 1 heteroatoms. The Balaban J connectivity index is 3.96. The van der Waals surface area contributed by atoms with E-state index >= 15 is 0 Å². The van der Waals surface area contributed by atoms with Crippen molar-refractivity contribution in [3.63, 3.8) is 0 Å². The van der Waals surface area contributed by atoms with Gasteiger partial charge in [-0.05, 0) is 30.9 Å². The van der Waals surface area contributed by atoms with Crippen LogP contribution in [0.1, 0.15) is 46.0 Å². The van der Waals surface area contributed by atoms with Crippen molar-refractivity contribution in [3.05, 3.63) is 17.4 Å². The van der Waals surface area contributed by atoms with Crippen LogP contribution >= 0.6 is 0 Å². The van der Waals surface area contributed by atoms with Crippen LogP contribution in [0.3, 0.4) is 0 Å². The van der Waals surface area contributed by atoms with E-state index in [9.17, 15) is 0 Å². The van der Waals surface area contributed by atoms with Crippen molar-refractivity contribution in [3.8, 4) is 0 Å². The fourth-order valence-corrected chi connectivity index (χ4v) is 1.15. The molecule has 0 unspecified atom stereocenters. The highest BCUT2D eigenvalue weighted by Gasteiger charge is 1.91. The SMILES string of the molecule is CCCC(=C=CCCO)CCC. The lowest BCUT2D eigenvalue weighted by Gasteiger charge is -1.98. The zero-order valence-corrected chi connectivity index (χ0v) is 8.27. The minimum atomic E-state index is 0.235. The second-order valence-corrected chi connectivity index (χ2v) is 2.96. The van der Waals surface area contributed by atoms with Crippen molar-refractivity contribution in [1.82, 2.24) is 0 Å². The highest BCUT2D eigenvalue weighted by atomic mass is 16.2. The highest BCUT2D eigenvalue weighted by Crippen LogP contribution is 2.09. The van der Waals surface area contributed by atoms with Crippen molar-refractivity contribution in [1.29, 1.82) is 0 Å². The van der Waals surface area contributed by atoms with Gasteiger partial charge in [0.05, 0.1) is 0 Å². The lowest BCUT2D eigenvalue weighted by Crippen LogP contribution is -1.80. The van der Waals surface area contributed by atoms with E-state index in [-0.39, 0.29) is 6.61 Å². The van der Waals surface area contributed by atoms with E-state index < -0.39 is 0 Å². The number of hydrogen-bond donors (Lipinski definition) is 1. The van der Waals surface area contributed by atoms with Gasteiger partial charge in [-0.3, -0.25) is 0 Å². The van der Waals surface area contributed by atoms with E-state index in [0.717, 1.165) is 19.3 Å². The molecule has 1 N–H and O–H groups in total. The Bertz CT molecular complexity index is 144. The molecule has 0 aromatic rings. The molecule has 0 radical (unpaired) electrons. The smallest absolute Gasteiger partial charge is 0.0471 e. The van der Waals surface area contributed by atoms with Gasteiger partial charge in [-0.25, -0.2) is 0 Å². The summed E-state index contributed by atoms with van der Waals surface area (Å²) in [6.45, 7) is 4.60. The molecule has 1 nitrogen and oxygen atoms in total. The minimum absolute atomic E-state index is 0.235. The van der Waals surface area contributed by atoms with Crippen LogP contribution in [0.4, 0.5) is 0 Å². The average Bonchev–Trinajstić information content (AvgIpc) is 2.06. The molecule has 0 saturated carbocycles. The molecule has 0 atom stereocenters. The number of rotatable bonds is 6. The zero-order chi connectivity index (χ0) is 9.23. The molecular weight excluding hydrogens is 148 g/mol. The summed E-state index contributed by atoms with van der Waals surface area (Å²) in [7, 11) is 0. The van der Waals surface area contributed by atoms with Crippen molar-refractivity contribution in [2.24, 2.45) is 0 Å². The average molecular weight is 168 g/mol. The van der Waals surface area contributed by atoms with Crippen LogP contribution in [0, 0.1) is 0 Å². The van der Waals surface area contributed by atoms with Gasteiger partial charge in [0.15, 0.2) is 0 Å². The van der Waals surface area contributed by atoms with Crippen LogP contribution in [0.25, 0.3) is 0 Å². The monoisotopic (exact) mass is 168 g/mol. The van der Waals surface area contributed by atoms with Crippen molar-refractivity contribution in [2.75, 3.05) is 6.61 Å². The van der Waals surface area contributed by atoms with Crippen LogP contribution < -0.4 is 0 Å². The number of hydrogen-bond acceptors (Lipinski definition) is 1. The first-order valence-electron chi connectivity index (χ1n) is 4.88. The molecule has 0 aromatic heterocycles. The van der Waals surface area contributed by atoms with Gasteiger partial charge < -0.3 is 5.11 Å². The zero-order valence-electron chi connectivity index (χ0n) is 8.27. The van der Waals surface area contributed by atoms with Gasteiger partial charge in [0.25, 0.3) is 0 Å². The predicted molar refractivity (Wildman–Crippen MR) is 53.1 cm³/mol. The third kappa shape index (κ3) is 6.21. The van der Waals surface area contributed by atoms with E-state index in [2.05, 4.69) is 19.6 Å². The van der Waals surface area contributed by atoms with Crippen molar-refractivity contribution < 1.29 is 5.11 Å². The Morgan fingerprint density at radius 2 is 1.83 bits per heavy atom. The molecule has 0 spiro atoms. The van der Waals surface area contributed by atoms with Gasteiger partial charge in [0.2, 0.25) is 0 Å². The van der Waals surface area contributed by atoms with Crippen LogP contribution in [-0.4, -0.2) is 11.7 Å². The standard InChI is InChI=1S/C11H20O/c1-3-7-11(8-4-2)9-5-6-10-12/h5,12H,3-4,6-8,10H2,1-2H3. The molecule has 0 bridgehead atoms. The quantitative estimate of drug-likeness (QED) is 0.604. The summed E-state index contributed by atoms with van der Waals surface area (Å²) in [5, 5.41) is 8.56. The third-order valence-corrected chi connectivity index (χ3v) is 1.68. The van der Waals surface area contributed by atoms with Crippen molar-refractivity contribution in [2.45, 2.75) is 46.0 Å². The number of aliphatic hydroxyl groups is 1. The maximum atomic E-state index is 8.56. The maximum Gasteiger partial charge on any atom is 0.0471 e. The van der Waals surface area contributed by atoms with E-state index in [4.69, 9.17) is 5.11 Å². The van der Waals surface area contributed by atoms with Gasteiger partial charge in [-0.2, -0.15) is 0 Å². The van der Waals surface area contributed by atoms with Gasteiger partial charge in [0.1, 0.15) is 0 Å². The lowest BCUT2D eigenvalue weighted by atomic mass is 10.1. The molecule has 0 aliphatic carbocycles. The molecule has 0 aromatic carbocycles. The normalized spacial score (nSPS) is 9.25. The fraction of sp³-hybridized carbons (Fsp3) is 0.727. The lowest BCUT2D eigenvalue weighted by molar-refractivity contribution is 0.302. The van der Waals surface area contributed by atoms with E-state index in [1.54, 1.807) is 0 Å². The first-order valence-corrected chi connectivity index (χ1v) is 4.88. The largest absolute Gasteiger partial charge is 0.396 e. The summed E-state index contributed by atoms with van der Waals surface area (Å²) in [6.07, 6.45) is 7.35. The summed E-state index contributed by atoms with van der Waals surface area (Å²) in [6, 6.07) is 0. The molecule has 0 fully saturated rings. The number of aliphatic hydroxyl groups excluding tert-OH is 1. The van der Waals surface area contributed by atoms with Gasteiger partial charge >= 0.3 is 0 Å². The van der Waals surface area contributed by atoms with Crippen molar-refractivity contribution >= 4 is 0 Å². The Kier molecular flexibility index (Phi) is 8.20. The summed E-state index contributed by atoms with van der Waals surface area (Å²) in [5.41, 5.74) is 4.65. The molecule has 0 aliphatic heterocycles. The Hall–Kier alpha value is -0.520. The highest BCUT2D eigenvalue weighted by molar-refractivity contribution is 5.01. The van der Waals surface area contributed by atoms with E-state index in [1.807, 2.05) is 6.08 Å². The summed E-state index contributed by atoms with van der Waals surface area (Å²) in [5.74, 6) is 0. The maximum absolute atomic E-state index is 8.56. The first kappa shape index (κ1) is 11.5. The molecule has 0 heterocycles. The molecule has 12 heavy (non-hydrogen) atoms. The second kappa shape index (κ2) is 8.58. The molecular formula is C11H20O. The van der Waals surface area contributed by atoms with Crippen LogP contribution in [0.2, 0.25) is 0 Å². The van der Waals surface area contributed by atoms with Gasteiger partial charge in [-0.1, -0.05) is 26.7 Å². The summed E-state index contributed by atoms with van der Waals surface area (Å²) in [4.78, 5) is 0. The van der Waals surface area contributed by atoms with Crippen LogP contribution in [0.5, 0.6) is 0 Å². The molecule has 0 amide bonds. The Morgan fingerprint density at radius 3 is 2.25 bits per heavy atom. The second-order valence-electron chi connectivity index (χ2n) is 2.96. The topological polar surface area (TPSA) is 20.2 Å². The predicted octanol–water partition coefficient (Wildman–Crippen LogP) is 3.05. The van der Waals surface area contributed by atoms with E-state index in [1.165, 1.54) is 18.4 Å². The summed E-state index contributed by atoms with van der Waals surface area (Å²) < 4.78 is 0. The molecule has 70 valence electrons. The summed E-state index contributed by atoms with van der Waals surface area (Å²) >= 11 is 0. The molecule has 0 rings (SSSR count). The van der Waals surface area contributed by atoms with Crippen LogP contribution in [-0.2, 0) is 0 Å². The molecule has 0 aliphatic rings. The molecule has 0 saturated heterocycles. The van der Waals surface area contributed by atoms with Gasteiger partial charge in [-0.15, -0.1) is 5.73 Å². The first-order chi connectivity index (χ1) is 5.85. The Labute approximate surface area is 75.8 Å². The Morgan fingerprint density at radius 1 is 1.25 bits per heavy atom.